The summed E-state index contributed by atoms with van der Waals surface area (Å²) in [5.74, 6) is 1.37. The van der Waals surface area contributed by atoms with Crippen LogP contribution in [0, 0.1) is 5.41 Å². The molecule has 0 aromatic heterocycles. The lowest BCUT2D eigenvalue weighted by atomic mass is 9.73. The van der Waals surface area contributed by atoms with Gasteiger partial charge in [-0.05, 0) is 56.0 Å². The molecule has 150 valence electrons. The zero-order valence-electron chi connectivity index (χ0n) is 17.1. The van der Waals surface area contributed by atoms with E-state index in [1.54, 1.807) is 14.0 Å². The van der Waals surface area contributed by atoms with Gasteiger partial charge in [-0.25, -0.2) is 4.79 Å². The second-order valence-electron chi connectivity index (χ2n) is 7.65. The van der Waals surface area contributed by atoms with Crippen LogP contribution in [0.25, 0.3) is 5.57 Å². The van der Waals surface area contributed by atoms with Gasteiger partial charge in [-0.2, -0.15) is 0 Å². The quantitative estimate of drug-likeness (QED) is 0.384. The van der Waals surface area contributed by atoms with Gasteiger partial charge in [0, 0.05) is 17.1 Å². The molecule has 1 aromatic carbocycles. The van der Waals surface area contributed by atoms with E-state index in [1.807, 2.05) is 31.2 Å². The van der Waals surface area contributed by atoms with E-state index in [0.717, 1.165) is 41.1 Å². The van der Waals surface area contributed by atoms with Gasteiger partial charge in [0.2, 0.25) is 0 Å². The van der Waals surface area contributed by atoms with E-state index < -0.39 is 0 Å². The number of hydrogen-bond acceptors (Lipinski definition) is 4. The highest BCUT2D eigenvalue weighted by Crippen LogP contribution is 2.44. The molecular formula is C24H30O4. The van der Waals surface area contributed by atoms with Crippen molar-refractivity contribution < 1.29 is 19.0 Å². The first-order valence-corrected chi connectivity index (χ1v) is 10.1. The van der Waals surface area contributed by atoms with E-state index in [-0.39, 0.29) is 11.4 Å². The van der Waals surface area contributed by atoms with Crippen molar-refractivity contribution in [3.05, 3.63) is 53.6 Å². The SMILES string of the molecule is CCOC(=O)/C=C(C)/C=C/C1=CC2(CCCCC2)COc2ccc(OC)cc21. The molecule has 0 amide bonds. The Morgan fingerprint density at radius 2 is 2.04 bits per heavy atom. The summed E-state index contributed by atoms with van der Waals surface area (Å²) in [6.07, 6.45) is 14.0. The highest BCUT2D eigenvalue weighted by Gasteiger charge is 2.33. The number of carbonyl (C=O) groups is 1. The minimum Gasteiger partial charge on any atom is -0.497 e. The number of benzene rings is 1. The number of fused-ring (bicyclic) bond motifs is 1. The van der Waals surface area contributed by atoms with Crippen LogP contribution in [0.15, 0.2) is 48.1 Å². The molecular weight excluding hydrogens is 352 g/mol. The Kier molecular flexibility index (Phi) is 6.61. The van der Waals surface area contributed by atoms with Crippen molar-refractivity contribution in [2.45, 2.75) is 46.0 Å². The van der Waals surface area contributed by atoms with E-state index in [9.17, 15) is 4.79 Å². The number of esters is 1. The van der Waals surface area contributed by atoms with Gasteiger partial charge in [0.1, 0.15) is 11.5 Å². The lowest BCUT2D eigenvalue weighted by Crippen LogP contribution is -2.28. The number of rotatable bonds is 5. The summed E-state index contributed by atoms with van der Waals surface area (Å²) >= 11 is 0. The van der Waals surface area contributed by atoms with Crippen LogP contribution in [0.4, 0.5) is 0 Å². The van der Waals surface area contributed by atoms with Gasteiger partial charge in [0.25, 0.3) is 0 Å². The molecule has 1 aromatic rings. The molecule has 1 spiro atoms. The second kappa shape index (κ2) is 9.13. The van der Waals surface area contributed by atoms with Crippen molar-refractivity contribution in [2.75, 3.05) is 20.3 Å². The molecule has 1 fully saturated rings. The lowest BCUT2D eigenvalue weighted by molar-refractivity contribution is -0.137. The van der Waals surface area contributed by atoms with Crippen LogP contribution in [-0.4, -0.2) is 26.3 Å². The monoisotopic (exact) mass is 382 g/mol. The lowest BCUT2D eigenvalue weighted by Gasteiger charge is -2.33. The standard InChI is InChI=1S/C24H30O4/c1-4-27-23(25)14-18(2)8-9-19-16-24(12-6-5-7-13-24)17-28-22-11-10-20(26-3)15-21(19)22/h8-11,14-16H,4-7,12-13,17H2,1-3H3/b9-8+,18-14+. The molecule has 3 rings (SSSR count). The molecule has 0 atom stereocenters. The maximum atomic E-state index is 11.7. The fourth-order valence-corrected chi connectivity index (χ4v) is 3.98. The van der Waals surface area contributed by atoms with Crippen molar-refractivity contribution in [2.24, 2.45) is 5.41 Å². The first kappa shape index (κ1) is 20.2. The van der Waals surface area contributed by atoms with Gasteiger partial charge in [-0.15, -0.1) is 0 Å². The third-order valence-electron chi connectivity index (χ3n) is 5.48. The largest absolute Gasteiger partial charge is 0.497 e. The summed E-state index contributed by atoms with van der Waals surface area (Å²) in [6.45, 7) is 4.80. The number of ether oxygens (including phenoxy) is 3. The third-order valence-corrected chi connectivity index (χ3v) is 5.48. The van der Waals surface area contributed by atoms with Crippen LogP contribution in [0.2, 0.25) is 0 Å². The van der Waals surface area contributed by atoms with Crippen LogP contribution in [-0.2, 0) is 9.53 Å². The van der Waals surface area contributed by atoms with E-state index in [4.69, 9.17) is 14.2 Å². The molecule has 2 aliphatic rings. The predicted molar refractivity (Wildman–Crippen MR) is 112 cm³/mol. The first-order chi connectivity index (χ1) is 13.5. The smallest absolute Gasteiger partial charge is 0.330 e. The van der Waals surface area contributed by atoms with Gasteiger partial charge < -0.3 is 14.2 Å². The minimum atomic E-state index is -0.311. The topological polar surface area (TPSA) is 44.8 Å². The first-order valence-electron chi connectivity index (χ1n) is 10.1. The molecule has 1 aliphatic carbocycles. The number of carbonyl (C=O) groups excluding carboxylic acids is 1. The molecule has 1 aliphatic heterocycles. The van der Waals surface area contributed by atoms with Crippen LogP contribution in [0.1, 0.15) is 51.5 Å². The normalized spacial score (nSPS) is 18.8. The number of allylic oxidation sites excluding steroid dienone is 4. The molecule has 0 N–H and O–H groups in total. The van der Waals surface area contributed by atoms with Crippen molar-refractivity contribution in [1.82, 2.24) is 0 Å². The van der Waals surface area contributed by atoms with Crippen molar-refractivity contribution in [3.63, 3.8) is 0 Å². The van der Waals surface area contributed by atoms with Gasteiger partial charge in [-0.1, -0.05) is 37.5 Å². The van der Waals surface area contributed by atoms with Gasteiger partial charge >= 0.3 is 5.97 Å². The Hall–Kier alpha value is -2.49. The zero-order valence-corrected chi connectivity index (χ0v) is 17.1. The van der Waals surface area contributed by atoms with Crippen LogP contribution < -0.4 is 9.47 Å². The van der Waals surface area contributed by atoms with E-state index in [2.05, 4.69) is 12.2 Å². The summed E-state index contributed by atoms with van der Waals surface area (Å²) in [6, 6.07) is 5.95. The van der Waals surface area contributed by atoms with Crippen LogP contribution in [0.5, 0.6) is 11.5 Å². The highest BCUT2D eigenvalue weighted by molar-refractivity contribution is 5.84. The minimum absolute atomic E-state index is 0.0724. The Morgan fingerprint density at radius 3 is 2.75 bits per heavy atom. The maximum Gasteiger partial charge on any atom is 0.330 e. The maximum absolute atomic E-state index is 11.7. The Bertz CT molecular complexity index is 795. The highest BCUT2D eigenvalue weighted by atomic mass is 16.5. The molecule has 0 radical (unpaired) electrons. The second-order valence-corrected chi connectivity index (χ2v) is 7.65. The zero-order chi connectivity index (χ0) is 20.0. The summed E-state index contributed by atoms with van der Waals surface area (Å²) < 4.78 is 16.7. The third kappa shape index (κ3) is 4.86. The molecule has 28 heavy (non-hydrogen) atoms. The Morgan fingerprint density at radius 1 is 1.25 bits per heavy atom. The molecule has 0 bridgehead atoms. The number of methoxy groups -OCH3 is 1. The molecule has 1 heterocycles. The van der Waals surface area contributed by atoms with Crippen molar-refractivity contribution in [3.8, 4) is 11.5 Å². The molecule has 0 unspecified atom stereocenters. The van der Waals surface area contributed by atoms with E-state index in [1.165, 1.54) is 25.3 Å². The molecule has 4 heteroatoms. The molecule has 1 saturated carbocycles. The van der Waals surface area contributed by atoms with Crippen molar-refractivity contribution in [1.29, 1.82) is 0 Å². The molecule has 4 nitrogen and oxygen atoms in total. The van der Waals surface area contributed by atoms with Crippen LogP contribution >= 0.6 is 0 Å². The average Bonchev–Trinajstić information content (AvgIpc) is 2.84. The van der Waals surface area contributed by atoms with E-state index >= 15 is 0 Å². The Labute approximate surface area is 167 Å². The van der Waals surface area contributed by atoms with E-state index in [0.29, 0.717) is 13.2 Å². The Balaban J connectivity index is 1.97. The summed E-state index contributed by atoms with van der Waals surface area (Å²) in [5, 5.41) is 0. The number of hydrogen-bond donors (Lipinski definition) is 0. The van der Waals surface area contributed by atoms with Crippen molar-refractivity contribution >= 4 is 11.5 Å². The fraction of sp³-hybridized carbons (Fsp3) is 0.458. The average molecular weight is 383 g/mol. The van der Waals surface area contributed by atoms with Crippen LogP contribution in [0.3, 0.4) is 0 Å². The van der Waals surface area contributed by atoms with Gasteiger partial charge in [0.05, 0.1) is 20.3 Å². The fourth-order valence-electron chi connectivity index (χ4n) is 3.98. The molecule has 0 saturated heterocycles. The van der Waals surface area contributed by atoms with Gasteiger partial charge in [0.15, 0.2) is 0 Å². The predicted octanol–water partition coefficient (Wildman–Crippen LogP) is 5.49. The summed E-state index contributed by atoms with van der Waals surface area (Å²) in [5.41, 5.74) is 3.07. The summed E-state index contributed by atoms with van der Waals surface area (Å²) in [7, 11) is 1.67. The summed E-state index contributed by atoms with van der Waals surface area (Å²) in [4.78, 5) is 11.7. The van der Waals surface area contributed by atoms with Gasteiger partial charge in [-0.3, -0.25) is 0 Å².